The zero-order chi connectivity index (χ0) is 32.5. The van der Waals surface area contributed by atoms with Crippen LogP contribution in [0.4, 0.5) is 11.4 Å². The van der Waals surface area contributed by atoms with Crippen LogP contribution in [0.1, 0.15) is 140 Å². The maximum Gasteiger partial charge on any atom is 0.0411 e. The first-order chi connectivity index (χ1) is 23.6. The number of allylic oxidation sites excluding steroid dienone is 12. The Morgan fingerprint density at radius 1 is 0.708 bits per heavy atom. The van der Waals surface area contributed by atoms with Crippen LogP contribution < -0.4 is 4.90 Å². The normalized spacial score (nSPS) is 23.9. The van der Waals surface area contributed by atoms with E-state index in [2.05, 4.69) is 91.7 Å². The van der Waals surface area contributed by atoms with Gasteiger partial charge in [0.1, 0.15) is 0 Å². The molecule has 2 unspecified atom stereocenters. The molecule has 2 atom stereocenters. The van der Waals surface area contributed by atoms with Crippen LogP contribution in [0.3, 0.4) is 0 Å². The minimum atomic E-state index is 0.142. The van der Waals surface area contributed by atoms with Gasteiger partial charge in [0.25, 0.3) is 0 Å². The highest BCUT2D eigenvalue weighted by Crippen LogP contribution is 2.57. The molecule has 0 aromatic heterocycles. The molecule has 1 nitrogen and oxygen atoms in total. The summed E-state index contributed by atoms with van der Waals surface area (Å²) < 4.78 is 0. The van der Waals surface area contributed by atoms with Crippen molar-refractivity contribution < 1.29 is 0 Å². The number of fused-ring (bicyclic) bond motifs is 3. The van der Waals surface area contributed by atoms with Gasteiger partial charge in [0.15, 0.2) is 0 Å². The molecule has 1 fully saturated rings. The van der Waals surface area contributed by atoms with E-state index in [9.17, 15) is 0 Å². The molecule has 6 aliphatic rings. The molecular weight excluding hydrogens is 579 g/mol. The monoisotopic (exact) mass is 635 g/mol. The molecule has 6 aliphatic carbocycles. The average Bonchev–Trinajstić information content (AvgIpc) is 3.34. The van der Waals surface area contributed by atoms with Gasteiger partial charge in [-0.1, -0.05) is 102 Å². The van der Waals surface area contributed by atoms with Crippen LogP contribution in [0.15, 0.2) is 112 Å². The highest BCUT2D eigenvalue weighted by Gasteiger charge is 2.44. The van der Waals surface area contributed by atoms with Crippen molar-refractivity contribution in [2.24, 2.45) is 5.92 Å². The van der Waals surface area contributed by atoms with Crippen molar-refractivity contribution in [3.8, 4) is 0 Å². The number of benzene rings is 2. The second kappa shape index (κ2) is 13.9. The summed E-state index contributed by atoms with van der Waals surface area (Å²) in [6.45, 7) is 2.38. The SMILES string of the molecule is CC1=CC2=C(CC1)c1ccc(N(C)c3ccccc3)cc1C2(CCCCCC1=CC2=C(CC1)CC2)CCCCCC1=CC=C2CCC2C1. The third-order valence-corrected chi connectivity index (χ3v) is 13.2. The topological polar surface area (TPSA) is 3.24 Å². The van der Waals surface area contributed by atoms with Gasteiger partial charge in [-0.3, -0.25) is 0 Å². The molecular formula is C47H57N. The third kappa shape index (κ3) is 6.28. The second-order valence-electron chi connectivity index (χ2n) is 16.1. The fourth-order valence-electron chi connectivity index (χ4n) is 9.99. The molecule has 0 bridgehead atoms. The van der Waals surface area contributed by atoms with Gasteiger partial charge in [-0.2, -0.15) is 0 Å². The van der Waals surface area contributed by atoms with Crippen molar-refractivity contribution in [1.29, 1.82) is 0 Å². The van der Waals surface area contributed by atoms with Crippen molar-refractivity contribution in [3.05, 3.63) is 123 Å². The van der Waals surface area contributed by atoms with Crippen molar-refractivity contribution in [3.63, 3.8) is 0 Å². The number of unbranched alkanes of at least 4 members (excludes halogenated alkanes) is 4. The van der Waals surface area contributed by atoms with Crippen molar-refractivity contribution in [1.82, 2.24) is 0 Å². The lowest BCUT2D eigenvalue weighted by Crippen LogP contribution is -2.27. The minimum Gasteiger partial charge on any atom is -0.345 e. The van der Waals surface area contributed by atoms with E-state index in [0.717, 1.165) is 5.92 Å². The molecule has 2 aromatic rings. The Hall–Kier alpha value is -3.32. The first-order valence-electron chi connectivity index (χ1n) is 19.7. The molecule has 0 heterocycles. The molecule has 0 aliphatic heterocycles. The quantitative estimate of drug-likeness (QED) is 0.187. The molecule has 1 heteroatoms. The Morgan fingerprint density at radius 3 is 2.21 bits per heavy atom. The Kier molecular flexibility index (Phi) is 9.24. The number of para-hydroxylation sites is 1. The zero-order valence-corrected chi connectivity index (χ0v) is 29.9. The van der Waals surface area contributed by atoms with E-state index in [1.165, 1.54) is 133 Å². The summed E-state index contributed by atoms with van der Waals surface area (Å²) in [5.41, 5.74) is 19.5. The van der Waals surface area contributed by atoms with Crippen LogP contribution in [-0.2, 0) is 5.41 Å². The molecule has 0 amide bonds. The van der Waals surface area contributed by atoms with Gasteiger partial charge in [-0.05, 0) is 161 Å². The fourth-order valence-corrected chi connectivity index (χ4v) is 9.99. The van der Waals surface area contributed by atoms with Gasteiger partial charge < -0.3 is 4.90 Å². The van der Waals surface area contributed by atoms with E-state index in [0.29, 0.717) is 0 Å². The largest absolute Gasteiger partial charge is 0.345 e. The van der Waals surface area contributed by atoms with Gasteiger partial charge in [-0.15, -0.1) is 0 Å². The smallest absolute Gasteiger partial charge is 0.0411 e. The van der Waals surface area contributed by atoms with E-state index >= 15 is 0 Å². The van der Waals surface area contributed by atoms with Crippen LogP contribution in [0.25, 0.3) is 5.57 Å². The summed E-state index contributed by atoms with van der Waals surface area (Å²) in [7, 11) is 2.25. The first kappa shape index (κ1) is 31.9. The maximum absolute atomic E-state index is 2.64. The fraction of sp³-hybridized carbons (Fsp3) is 0.489. The molecule has 1 saturated carbocycles. The molecule has 48 heavy (non-hydrogen) atoms. The summed E-state index contributed by atoms with van der Waals surface area (Å²) in [4.78, 5) is 2.39. The molecule has 0 spiro atoms. The van der Waals surface area contributed by atoms with E-state index < -0.39 is 0 Å². The van der Waals surface area contributed by atoms with Gasteiger partial charge in [0.2, 0.25) is 0 Å². The molecule has 250 valence electrons. The highest BCUT2D eigenvalue weighted by atomic mass is 15.1. The number of anilines is 2. The molecule has 0 radical (unpaired) electrons. The lowest BCUT2D eigenvalue weighted by molar-refractivity contribution is 0.395. The summed E-state index contributed by atoms with van der Waals surface area (Å²) in [6, 6.07) is 18.4. The van der Waals surface area contributed by atoms with E-state index in [1.54, 1.807) is 55.7 Å². The second-order valence-corrected chi connectivity index (χ2v) is 16.1. The number of hydrogen-bond donors (Lipinski definition) is 0. The standard InChI is InChI=1S/C47H57N/c1-34-16-26-43-44-27-25-42(48(2)41-14-8-3-9-15-41)33-46(44)47(45(43)30-34,28-10-4-6-12-35-17-19-37-21-23-39(37)31-35)29-11-5-7-13-36-18-20-38-22-24-40(38)32-36/h3,8-9,14-15,17,19,25,27,30,32-33,39H,4-7,10-13,16,18,20-24,26,28-29,31H2,1-2H3. The number of rotatable bonds is 14. The van der Waals surface area contributed by atoms with Crippen molar-refractivity contribution in [2.75, 3.05) is 11.9 Å². The van der Waals surface area contributed by atoms with Crippen LogP contribution in [-0.4, -0.2) is 7.05 Å². The lowest BCUT2D eigenvalue weighted by Gasteiger charge is -2.36. The summed E-state index contributed by atoms with van der Waals surface area (Å²) in [5, 5.41) is 0. The number of hydrogen-bond acceptors (Lipinski definition) is 1. The summed E-state index contributed by atoms with van der Waals surface area (Å²) in [6.07, 6.45) is 35.3. The molecule has 2 aromatic carbocycles. The third-order valence-electron chi connectivity index (χ3n) is 13.2. The van der Waals surface area contributed by atoms with Crippen molar-refractivity contribution >= 4 is 16.9 Å². The highest BCUT2D eigenvalue weighted by molar-refractivity contribution is 5.85. The molecule has 8 rings (SSSR count). The Bertz CT molecular complexity index is 1720. The predicted molar refractivity (Wildman–Crippen MR) is 206 cm³/mol. The molecule has 0 N–H and O–H groups in total. The van der Waals surface area contributed by atoms with Crippen molar-refractivity contribution in [2.45, 2.75) is 134 Å². The van der Waals surface area contributed by atoms with E-state index in [4.69, 9.17) is 0 Å². The summed E-state index contributed by atoms with van der Waals surface area (Å²) >= 11 is 0. The zero-order valence-electron chi connectivity index (χ0n) is 29.9. The lowest BCUT2D eigenvalue weighted by atomic mass is 9.68. The average molecular weight is 636 g/mol. The Balaban J connectivity index is 1.02. The van der Waals surface area contributed by atoms with Gasteiger partial charge in [-0.25, -0.2) is 0 Å². The predicted octanol–water partition coefficient (Wildman–Crippen LogP) is 13.6. The van der Waals surface area contributed by atoms with Gasteiger partial charge in [0.05, 0.1) is 0 Å². The van der Waals surface area contributed by atoms with E-state index in [1.807, 2.05) is 0 Å². The van der Waals surface area contributed by atoms with E-state index in [-0.39, 0.29) is 5.41 Å². The Morgan fingerprint density at radius 2 is 1.50 bits per heavy atom. The van der Waals surface area contributed by atoms with Crippen LogP contribution in [0.5, 0.6) is 0 Å². The minimum absolute atomic E-state index is 0.142. The van der Waals surface area contributed by atoms with Gasteiger partial charge >= 0.3 is 0 Å². The summed E-state index contributed by atoms with van der Waals surface area (Å²) in [5.74, 6) is 0.889. The maximum atomic E-state index is 2.64. The van der Waals surface area contributed by atoms with Crippen LogP contribution in [0.2, 0.25) is 0 Å². The van der Waals surface area contributed by atoms with Crippen LogP contribution >= 0.6 is 0 Å². The first-order valence-corrected chi connectivity index (χ1v) is 19.7. The number of nitrogens with zero attached hydrogens (tertiary/aromatic N) is 1. The molecule has 0 saturated heterocycles. The van der Waals surface area contributed by atoms with Crippen LogP contribution in [0, 0.1) is 5.92 Å². The Labute approximate surface area is 291 Å². The van der Waals surface area contributed by atoms with Gasteiger partial charge in [0, 0.05) is 23.8 Å².